The van der Waals surface area contributed by atoms with E-state index in [1.807, 2.05) is 75.4 Å². The highest BCUT2D eigenvalue weighted by atomic mass is 32.2. The van der Waals surface area contributed by atoms with Gasteiger partial charge in [-0.1, -0.05) is 86.1 Å². The van der Waals surface area contributed by atoms with Crippen LogP contribution in [0.5, 0.6) is 11.5 Å². The highest BCUT2D eigenvalue weighted by Gasteiger charge is 2.35. The number of anilines is 1. The highest BCUT2D eigenvalue weighted by Crippen LogP contribution is 2.33. The van der Waals surface area contributed by atoms with Gasteiger partial charge in [0, 0.05) is 19.5 Å². The normalized spacial score (nSPS) is 11.9. The van der Waals surface area contributed by atoms with Gasteiger partial charge in [-0.15, -0.1) is 0 Å². The van der Waals surface area contributed by atoms with E-state index in [0.717, 1.165) is 21.0 Å². The number of nitrogens with one attached hydrogen (secondary N) is 1. The predicted molar refractivity (Wildman–Crippen MR) is 184 cm³/mol. The quantitative estimate of drug-likeness (QED) is 0.178. The third-order valence-corrected chi connectivity index (χ3v) is 9.48. The number of carbonyl (C=O) groups is 2. The SMILES string of the molecule is COc1ccc(S(=O)(=O)N(CC(=O)N(Cc2ccc(C)cc2)[C@H](Cc2ccccc2)C(=O)NCC(C)C)c2ccccc2OC)cc1. The Morgan fingerprint density at radius 2 is 1.43 bits per heavy atom. The number of sulfonamides is 1. The molecule has 0 unspecified atom stereocenters. The molecule has 0 fully saturated rings. The second-order valence-electron chi connectivity index (χ2n) is 11.7. The Bertz CT molecular complexity index is 1730. The van der Waals surface area contributed by atoms with Crippen molar-refractivity contribution >= 4 is 27.5 Å². The summed E-state index contributed by atoms with van der Waals surface area (Å²) in [6, 6.07) is 28.9. The summed E-state index contributed by atoms with van der Waals surface area (Å²) in [5, 5.41) is 3.01. The Morgan fingerprint density at radius 1 is 0.787 bits per heavy atom. The minimum Gasteiger partial charge on any atom is -0.497 e. The van der Waals surface area contributed by atoms with Gasteiger partial charge in [-0.3, -0.25) is 13.9 Å². The molecular formula is C37H43N3O6S. The summed E-state index contributed by atoms with van der Waals surface area (Å²) in [7, 11) is -1.36. The Hall–Kier alpha value is -4.83. The van der Waals surface area contributed by atoms with Crippen molar-refractivity contribution in [3.63, 3.8) is 0 Å². The fourth-order valence-corrected chi connectivity index (χ4v) is 6.52. The van der Waals surface area contributed by atoms with Crippen LogP contribution in [0.2, 0.25) is 0 Å². The van der Waals surface area contributed by atoms with E-state index in [-0.39, 0.29) is 41.1 Å². The monoisotopic (exact) mass is 657 g/mol. The molecule has 0 heterocycles. The van der Waals surface area contributed by atoms with E-state index in [9.17, 15) is 18.0 Å². The minimum absolute atomic E-state index is 0.0300. The van der Waals surface area contributed by atoms with Gasteiger partial charge in [-0.2, -0.15) is 0 Å². The van der Waals surface area contributed by atoms with E-state index in [4.69, 9.17) is 9.47 Å². The van der Waals surface area contributed by atoms with Gasteiger partial charge in [0.25, 0.3) is 10.0 Å². The molecule has 0 spiro atoms. The van der Waals surface area contributed by atoms with Gasteiger partial charge >= 0.3 is 0 Å². The van der Waals surface area contributed by atoms with Crippen molar-refractivity contribution in [3.05, 3.63) is 120 Å². The zero-order chi connectivity index (χ0) is 34.0. The first-order chi connectivity index (χ1) is 22.5. The molecule has 0 saturated carbocycles. The van der Waals surface area contributed by atoms with E-state index in [1.165, 1.54) is 31.3 Å². The molecule has 0 saturated heterocycles. The molecule has 47 heavy (non-hydrogen) atoms. The topological polar surface area (TPSA) is 105 Å². The van der Waals surface area contributed by atoms with Crippen molar-refractivity contribution in [2.75, 3.05) is 31.6 Å². The van der Waals surface area contributed by atoms with Gasteiger partial charge in [-0.05, 0) is 60.4 Å². The van der Waals surface area contributed by atoms with Crippen LogP contribution < -0.4 is 19.1 Å². The lowest BCUT2D eigenvalue weighted by Gasteiger charge is -2.34. The number of hydrogen-bond donors (Lipinski definition) is 1. The fourth-order valence-electron chi connectivity index (χ4n) is 5.09. The standard InChI is InChI=1S/C37H43N3O6S/c1-27(2)24-38-37(42)34(23-29-11-7-6-8-12-29)39(25-30-17-15-28(3)16-18-30)36(41)26-40(33-13-9-10-14-35(33)46-5)47(43,44)32-21-19-31(45-4)20-22-32/h6-22,27,34H,23-26H2,1-5H3,(H,38,42)/t34-/m1/s1. The summed E-state index contributed by atoms with van der Waals surface area (Å²) in [6.45, 7) is 5.90. The third-order valence-electron chi connectivity index (χ3n) is 7.71. The molecular weight excluding hydrogens is 614 g/mol. The highest BCUT2D eigenvalue weighted by molar-refractivity contribution is 7.92. The number of hydrogen-bond acceptors (Lipinski definition) is 6. The van der Waals surface area contributed by atoms with E-state index >= 15 is 0 Å². The van der Waals surface area contributed by atoms with Crippen molar-refractivity contribution in [3.8, 4) is 11.5 Å². The number of rotatable bonds is 15. The largest absolute Gasteiger partial charge is 0.497 e. The number of methoxy groups -OCH3 is 2. The molecule has 4 aromatic carbocycles. The molecule has 0 aliphatic heterocycles. The molecule has 0 aromatic heterocycles. The summed E-state index contributed by atoms with van der Waals surface area (Å²) < 4.78 is 40.4. The van der Waals surface area contributed by atoms with Crippen molar-refractivity contribution in [2.24, 2.45) is 5.92 Å². The van der Waals surface area contributed by atoms with Crippen LogP contribution in [0.15, 0.2) is 108 Å². The zero-order valence-corrected chi connectivity index (χ0v) is 28.4. The van der Waals surface area contributed by atoms with Crippen molar-refractivity contribution in [1.82, 2.24) is 10.2 Å². The van der Waals surface area contributed by atoms with Crippen LogP contribution in [-0.2, 0) is 32.6 Å². The van der Waals surface area contributed by atoms with Gasteiger partial charge < -0.3 is 19.7 Å². The van der Waals surface area contributed by atoms with Gasteiger partial charge in [-0.25, -0.2) is 8.42 Å². The number of nitrogens with zero attached hydrogens (tertiary/aromatic N) is 2. The van der Waals surface area contributed by atoms with E-state index in [2.05, 4.69) is 5.32 Å². The Morgan fingerprint density at radius 3 is 2.04 bits per heavy atom. The summed E-state index contributed by atoms with van der Waals surface area (Å²) in [4.78, 5) is 30.0. The smallest absolute Gasteiger partial charge is 0.264 e. The Labute approximate surface area is 278 Å². The van der Waals surface area contributed by atoms with Gasteiger partial charge in [0.1, 0.15) is 24.1 Å². The van der Waals surface area contributed by atoms with E-state index < -0.39 is 28.5 Å². The lowest BCUT2D eigenvalue weighted by molar-refractivity contribution is -0.140. The molecule has 9 nitrogen and oxygen atoms in total. The number of ether oxygens (including phenoxy) is 2. The van der Waals surface area contributed by atoms with Crippen molar-refractivity contribution < 1.29 is 27.5 Å². The molecule has 4 aromatic rings. The van der Waals surface area contributed by atoms with Gasteiger partial charge in [0.05, 0.1) is 24.8 Å². The summed E-state index contributed by atoms with van der Waals surface area (Å²) in [5.74, 6) is 0.0922. The first-order valence-electron chi connectivity index (χ1n) is 15.5. The molecule has 1 atom stereocenters. The first-order valence-corrected chi connectivity index (χ1v) is 16.9. The van der Waals surface area contributed by atoms with E-state index in [1.54, 1.807) is 36.4 Å². The summed E-state index contributed by atoms with van der Waals surface area (Å²) in [6.07, 6.45) is 0.238. The maximum absolute atomic E-state index is 14.6. The molecule has 10 heteroatoms. The second-order valence-corrected chi connectivity index (χ2v) is 13.6. The maximum Gasteiger partial charge on any atom is 0.264 e. The average Bonchev–Trinajstić information content (AvgIpc) is 3.08. The number of aryl methyl sites for hydroxylation is 1. The summed E-state index contributed by atoms with van der Waals surface area (Å²) in [5.41, 5.74) is 2.92. The number of carbonyl (C=O) groups excluding carboxylic acids is 2. The van der Waals surface area contributed by atoms with Crippen LogP contribution in [-0.4, -0.2) is 58.5 Å². The lowest BCUT2D eigenvalue weighted by atomic mass is 10.0. The van der Waals surface area contributed by atoms with Gasteiger partial charge in [0.15, 0.2) is 0 Å². The van der Waals surface area contributed by atoms with Crippen molar-refractivity contribution in [1.29, 1.82) is 0 Å². The summed E-state index contributed by atoms with van der Waals surface area (Å²) >= 11 is 0. The Kier molecular flexibility index (Phi) is 12.0. The Balaban J connectivity index is 1.82. The fraction of sp³-hybridized carbons (Fsp3) is 0.297. The lowest BCUT2D eigenvalue weighted by Crippen LogP contribution is -2.53. The molecule has 0 bridgehead atoms. The predicted octanol–water partition coefficient (Wildman–Crippen LogP) is 5.62. The molecule has 1 N–H and O–H groups in total. The molecule has 0 aliphatic carbocycles. The van der Waals surface area contributed by atoms with Crippen LogP contribution in [0.3, 0.4) is 0 Å². The second kappa shape index (κ2) is 16.1. The molecule has 0 aliphatic rings. The number of para-hydroxylation sites is 2. The van der Waals surface area contributed by atoms with E-state index in [0.29, 0.717) is 12.3 Å². The zero-order valence-electron chi connectivity index (χ0n) is 27.6. The number of benzene rings is 4. The van der Waals surface area contributed by atoms with Crippen LogP contribution in [0, 0.1) is 12.8 Å². The maximum atomic E-state index is 14.6. The van der Waals surface area contributed by atoms with Crippen molar-refractivity contribution in [2.45, 2.75) is 44.7 Å². The first kappa shape index (κ1) is 35.0. The molecule has 2 amide bonds. The van der Waals surface area contributed by atoms with Crippen LogP contribution in [0.25, 0.3) is 0 Å². The molecule has 4 rings (SSSR count). The van der Waals surface area contributed by atoms with Gasteiger partial charge in [0.2, 0.25) is 11.8 Å². The minimum atomic E-state index is -4.30. The molecule has 0 radical (unpaired) electrons. The van der Waals surface area contributed by atoms with Crippen LogP contribution >= 0.6 is 0 Å². The number of amides is 2. The third kappa shape index (κ3) is 9.13. The average molecular weight is 658 g/mol. The van der Waals surface area contributed by atoms with Crippen LogP contribution in [0.4, 0.5) is 5.69 Å². The molecule has 248 valence electrons. The van der Waals surface area contributed by atoms with Crippen LogP contribution in [0.1, 0.15) is 30.5 Å².